The van der Waals surface area contributed by atoms with Crippen LogP contribution in [0.3, 0.4) is 0 Å². The lowest BCUT2D eigenvalue weighted by atomic mass is 9.64. The summed E-state index contributed by atoms with van der Waals surface area (Å²) in [6.07, 6.45) is 4.64. The zero-order valence-electron chi connectivity index (χ0n) is 19.5. The van der Waals surface area contributed by atoms with Gasteiger partial charge in [-0.3, -0.25) is 0 Å². The van der Waals surface area contributed by atoms with Crippen LogP contribution in [0.4, 0.5) is 0 Å². The SMILES string of the molecule is CCCCC1(C(C)CC)c2cc(Br)ccc2-c2nc3ccc(Br)cc3c(-c3ccccc3)c21. The maximum absolute atomic E-state index is 5.34. The molecule has 0 spiro atoms. The second-order valence-electron chi connectivity index (χ2n) is 9.31. The minimum Gasteiger partial charge on any atom is -0.247 e. The van der Waals surface area contributed by atoms with Crippen molar-refractivity contribution in [2.24, 2.45) is 5.92 Å². The normalized spacial score (nSPS) is 17.7. The van der Waals surface area contributed by atoms with E-state index in [-0.39, 0.29) is 5.41 Å². The number of benzene rings is 3. The summed E-state index contributed by atoms with van der Waals surface area (Å²) in [5, 5.41) is 1.23. The molecule has 0 N–H and O–H groups in total. The van der Waals surface area contributed by atoms with Crippen molar-refractivity contribution in [2.45, 2.75) is 51.9 Å². The highest BCUT2D eigenvalue weighted by Crippen LogP contribution is 2.59. The van der Waals surface area contributed by atoms with Gasteiger partial charge in [0.05, 0.1) is 11.2 Å². The van der Waals surface area contributed by atoms with E-state index in [1.165, 1.54) is 51.7 Å². The molecule has 33 heavy (non-hydrogen) atoms. The van der Waals surface area contributed by atoms with E-state index in [2.05, 4.69) is 119 Å². The molecule has 0 bridgehead atoms. The molecule has 3 aromatic carbocycles. The largest absolute Gasteiger partial charge is 0.247 e. The molecule has 1 aliphatic carbocycles. The molecule has 5 rings (SSSR count). The van der Waals surface area contributed by atoms with Gasteiger partial charge in [0.1, 0.15) is 0 Å². The Hall–Kier alpha value is -1.97. The van der Waals surface area contributed by atoms with E-state index in [9.17, 15) is 0 Å². The minimum atomic E-state index is -0.0616. The first-order valence-corrected chi connectivity index (χ1v) is 13.6. The van der Waals surface area contributed by atoms with Crippen molar-refractivity contribution >= 4 is 42.8 Å². The van der Waals surface area contributed by atoms with Gasteiger partial charge >= 0.3 is 0 Å². The van der Waals surface area contributed by atoms with Crippen molar-refractivity contribution in [1.82, 2.24) is 4.98 Å². The van der Waals surface area contributed by atoms with Crippen LogP contribution in [0.25, 0.3) is 33.3 Å². The lowest BCUT2D eigenvalue weighted by Gasteiger charge is -2.39. The first kappa shape index (κ1) is 22.8. The van der Waals surface area contributed by atoms with E-state index in [1.54, 1.807) is 0 Å². The Morgan fingerprint density at radius 2 is 1.64 bits per heavy atom. The van der Waals surface area contributed by atoms with Gasteiger partial charge in [-0.2, -0.15) is 0 Å². The van der Waals surface area contributed by atoms with Gasteiger partial charge in [0.15, 0.2) is 0 Å². The lowest BCUT2D eigenvalue weighted by molar-refractivity contribution is 0.312. The topological polar surface area (TPSA) is 12.9 Å². The van der Waals surface area contributed by atoms with Crippen LogP contribution in [0.2, 0.25) is 0 Å². The summed E-state index contributed by atoms with van der Waals surface area (Å²) in [4.78, 5) is 5.34. The van der Waals surface area contributed by atoms with E-state index in [0.717, 1.165) is 27.3 Å². The smallest absolute Gasteiger partial charge is 0.0760 e. The zero-order valence-corrected chi connectivity index (χ0v) is 22.6. The quantitative estimate of drug-likeness (QED) is 0.228. The second kappa shape index (κ2) is 9.00. The van der Waals surface area contributed by atoms with Gasteiger partial charge in [-0.1, -0.05) is 108 Å². The monoisotopic (exact) mass is 561 g/mol. The Balaban J connectivity index is 1.99. The number of hydrogen-bond acceptors (Lipinski definition) is 1. The highest BCUT2D eigenvalue weighted by molar-refractivity contribution is 9.10. The third-order valence-electron chi connectivity index (χ3n) is 7.55. The molecule has 0 aliphatic heterocycles. The summed E-state index contributed by atoms with van der Waals surface area (Å²) in [6, 6.07) is 24.3. The van der Waals surface area contributed by atoms with Gasteiger partial charge in [0, 0.05) is 25.3 Å². The van der Waals surface area contributed by atoms with Gasteiger partial charge in [-0.25, -0.2) is 4.98 Å². The van der Waals surface area contributed by atoms with E-state index in [0.29, 0.717) is 5.92 Å². The van der Waals surface area contributed by atoms with Gasteiger partial charge in [0.25, 0.3) is 0 Å². The zero-order chi connectivity index (χ0) is 23.2. The Kier molecular flexibility index (Phi) is 6.22. The molecule has 0 saturated carbocycles. The molecule has 0 fully saturated rings. The van der Waals surface area contributed by atoms with Crippen LogP contribution in [0, 0.1) is 5.92 Å². The first-order valence-electron chi connectivity index (χ1n) is 12.0. The Morgan fingerprint density at radius 3 is 2.36 bits per heavy atom. The minimum absolute atomic E-state index is 0.0616. The van der Waals surface area contributed by atoms with Crippen molar-refractivity contribution in [3.63, 3.8) is 0 Å². The third-order valence-corrected chi connectivity index (χ3v) is 8.54. The van der Waals surface area contributed by atoms with Gasteiger partial charge < -0.3 is 0 Å². The molecular weight excluding hydrogens is 534 g/mol. The maximum atomic E-state index is 5.34. The molecule has 2 unspecified atom stereocenters. The van der Waals surface area contributed by atoms with E-state index >= 15 is 0 Å². The van der Waals surface area contributed by atoms with Crippen molar-refractivity contribution in [3.05, 3.63) is 86.8 Å². The molecule has 2 atom stereocenters. The predicted octanol–water partition coefficient (Wildman–Crippen LogP) is 9.93. The number of unbranched alkanes of at least 4 members (excludes halogenated alkanes) is 1. The summed E-state index contributed by atoms with van der Waals surface area (Å²) in [5.74, 6) is 0.493. The summed E-state index contributed by atoms with van der Waals surface area (Å²) in [6.45, 7) is 7.08. The third kappa shape index (κ3) is 3.59. The van der Waals surface area contributed by atoms with E-state index < -0.39 is 0 Å². The molecule has 4 aromatic rings. The standard InChI is InChI=1S/C30H29Br2N/c1-4-6-16-30(19(3)5-2)25-18-22(32)12-14-23(25)29-28(30)27(20-10-8-7-9-11-20)24-17-21(31)13-15-26(24)33-29/h7-15,17-19H,4-6,16H2,1-3H3. The van der Waals surface area contributed by atoms with Crippen LogP contribution >= 0.6 is 31.9 Å². The van der Waals surface area contributed by atoms with Crippen LogP contribution in [0.5, 0.6) is 0 Å². The first-order chi connectivity index (χ1) is 16.0. The van der Waals surface area contributed by atoms with Crippen molar-refractivity contribution in [2.75, 3.05) is 0 Å². The summed E-state index contributed by atoms with van der Waals surface area (Å²) < 4.78 is 2.24. The molecule has 0 saturated heterocycles. The van der Waals surface area contributed by atoms with E-state index in [1.807, 2.05) is 0 Å². The number of nitrogens with zero attached hydrogens (tertiary/aromatic N) is 1. The molecule has 0 radical (unpaired) electrons. The van der Waals surface area contributed by atoms with Gasteiger partial charge in [0.2, 0.25) is 0 Å². The maximum Gasteiger partial charge on any atom is 0.0760 e. The number of fused-ring (bicyclic) bond motifs is 4. The molecular formula is C30H29Br2N. The van der Waals surface area contributed by atoms with Crippen LogP contribution in [0.15, 0.2) is 75.7 Å². The predicted molar refractivity (Wildman–Crippen MR) is 148 cm³/mol. The van der Waals surface area contributed by atoms with Gasteiger partial charge in [-0.15, -0.1) is 0 Å². The number of hydrogen-bond donors (Lipinski definition) is 0. The summed E-state index contributed by atoms with van der Waals surface area (Å²) in [5.41, 5.74) is 8.95. The molecule has 1 heterocycles. The average Bonchev–Trinajstić information content (AvgIpc) is 3.10. The fraction of sp³-hybridized carbons (Fsp3) is 0.300. The van der Waals surface area contributed by atoms with Crippen molar-refractivity contribution in [3.8, 4) is 22.4 Å². The van der Waals surface area contributed by atoms with Crippen LogP contribution in [-0.2, 0) is 5.41 Å². The number of aromatic nitrogens is 1. The lowest BCUT2D eigenvalue weighted by Crippen LogP contribution is -2.34. The fourth-order valence-corrected chi connectivity index (χ4v) is 6.54. The van der Waals surface area contributed by atoms with Crippen molar-refractivity contribution < 1.29 is 0 Å². The molecule has 1 aliphatic rings. The van der Waals surface area contributed by atoms with Gasteiger partial charge in [-0.05, 0) is 64.9 Å². The Bertz CT molecular complexity index is 1330. The summed E-state index contributed by atoms with van der Waals surface area (Å²) in [7, 11) is 0. The molecule has 1 nitrogen and oxygen atoms in total. The number of pyridine rings is 1. The average molecular weight is 563 g/mol. The van der Waals surface area contributed by atoms with Crippen molar-refractivity contribution in [1.29, 1.82) is 0 Å². The Labute approximate surface area is 213 Å². The fourth-order valence-electron chi connectivity index (χ4n) is 5.82. The molecule has 1 aromatic heterocycles. The van der Waals surface area contributed by atoms with E-state index in [4.69, 9.17) is 4.98 Å². The van der Waals surface area contributed by atoms with Crippen LogP contribution in [0.1, 0.15) is 57.6 Å². The highest BCUT2D eigenvalue weighted by atomic mass is 79.9. The molecule has 168 valence electrons. The highest BCUT2D eigenvalue weighted by Gasteiger charge is 2.48. The van der Waals surface area contributed by atoms with Crippen LogP contribution in [-0.4, -0.2) is 4.98 Å². The number of rotatable bonds is 6. The number of halogens is 2. The van der Waals surface area contributed by atoms with Crippen LogP contribution < -0.4 is 0 Å². The molecule has 3 heteroatoms. The summed E-state index contributed by atoms with van der Waals surface area (Å²) >= 11 is 7.53. The molecule has 0 amide bonds. The Morgan fingerprint density at radius 1 is 0.909 bits per heavy atom. The second-order valence-corrected chi connectivity index (χ2v) is 11.1.